The van der Waals surface area contributed by atoms with Gasteiger partial charge in [-0.15, -0.1) is 0 Å². The Morgan fingerprint density at radius 2 is 1.83 bits per heavy atom. The minimum atomic E-state index is -4.39. The second kappa shape index (κ2) is 4.17. The van der Waals surface area contributed by atoms with E-state index in [0.717, 1.165) is 18.3 Å². The third kappa shape index (κ3) is 2.34. The molecule has 18 heavy (non-hydrogen) atoms. The smallest absolute Gasteiger partial charge is 0.416 e. The van der Waals surface area contributed by atoms with Crippen molar-refractivity contribution in [2.45, 2.75) is 6.18 Å². The summed E-state index contributed by atoms with van der Waals surface area (Å²) in [5.74, 6) is -1.15. The molecule has 2 aromatic rings. The van der Waals surface area contributed by atoms with Gasteiger partial charge >= 0.3 is 12.1 Å². The van der Waals surface area contributed by atoms with Crippen LogP contribution in [0.15, 0.2) is 36.7 Å². The summed E-state index contributed by atoms with van der Waals surface area (Å²) >= 11 is 0. The minimum Gasteiger partial charge on any atom is -0.478 e. The summed E-state index contributed by atoms with van der Waals surface area (Å²) in [5.41, 5.74) is -0.442. The first kappa shape index (κ1) is 12.2. The highest BCUT2D eigenvalue weighted by molar-refractivity contribution is 5.86. The minimum absolute atomic E-state index is 0.0325. The number of aromatic carboxylic acids is 1. The third-order valence-corrected chi connectivity index (χ3v) is 2.29. The number of carbonyl (C=O) groups is 1. The predicted octanol–water partition coefficient (Wildman–Crippen LogP) is 2.59. The van der Waals surface area contributed by atoms with Gasteiger partial charge in [-0.1, -0.05) is 0 Å². The fourth-order valence-corrected chi connectivity index (χ4v) is 1.38. The van der Waals surface area contributed by atoms with E-state index in [2.05, 4.69) is 5.10 Å². The van der Waals surface area contributed by atoms with E-state index in [0.29, 0.717) is 5.69 Å². The van der Waals surface area contributed by atoms with Gasteiger partial charge in [0.1, 0.15) is 0 Å². The number of nitrogens with zero attached hydrogens (tertiary/aromatic N) is 2. The van der Waals surface area contributed by atoms with Crippen molar-refractivity contribution >= 4 is 5.97 Å². The molecule has 0 atom stereocenters. The fourth-order valence-electron chi connectivity index (χ4n) is 1.38. The summed E-state index contributed by atoms with van der Waals surface area (Å²) in [7, 11) is 0. The van der Waals surface area contributed by atoms with Gasteiger partial charge in [-0.2, -0.15) is 18.3 Å². The normalized spacial score (nSPS) is 11.5. The van der Waals surface area contributed by atoms with Crippen LogP contribution in [-0.4, -0.2) is 20.9 Å². The number of aromatic nitrogens is 2. The van der Waals surface area contributed by atoms with E-state index >= 15 is 0 Å². The summed E-state index contributed by atoms with van der Waals surface area (Å²) in [5, 5.41) is 12.4. The Hall–Kier alpha value is -2.31. The first-order chi connectivity index (χ1) is 8.38. The zero-order valence-electron chi connectivity index (χ0n) is 8.85. The van der Waals surface area contributed by atoms with Gasteiger partial charge in [-0.05, 0) is 24.3 Å². The van der Waals surface area contributed by atoms with Crippen molar-refractivity contribution in [2.24, 2.45) is 0 Å². The van der Waals surface area contributed by atoms with Crippen LogP contribution in [0.2, 0.25) is 0 Å². The first-order valence-electron chi connectivity index (χ1n) is 4.83. The summed E-state index contributed by atoms with van der Waals surface area (Å²) in [6.07, 6.45) is -2.04. The average molecular weight is 256 g/mol. The Kier molecular flexibility index (Phi) is 2.82. The predicted molar refractivity (Wildman–Crippen MR) is 55.5 cm³/mol. The van der Waals surface area contributed by atoms with Gasteiger partial charge in [0, 0.05) is 6.20 Å². The molecule has 1 aromatic carbocycles. The maximum absolute atomic E-state index is 12.3. The molecule has 1 aromatic heterocycles. The van der Waals surface area contributed by atoms with E-state index in [1.165, 1.54) is 23.0 Å². The number of hydrogen-bond acceptors (Lipinski definition) is 2. The van der Waals surface area contributed by atoms with Gasteiger partial charge in [0.25, 0.3) is 0 Å². The lowest BCUT2D eigenvalue weighted by molar-refractivity contribution is -0.137. The number of carboxylic acids is 1. The molecular weight excluding hydrogens is 249 g/mol. The average Bonchev–Trinajstić information content (AvgIpc) is 2.77. The molecule has 0 aliphatic rings. The Morgan fingerprint density at radius 1 is 1.22 bits per heavy atom. The van der Waals surface area contributed by atoms with Crippen LogP contribution in [0.25, 0.3) is 5.69 Å². The number of benzene rings is 1. The van der Waals surface area contributed by atoms with Crippen molar-refractivity contribution in [3.8, 4) is 5.69 Å². The molecule has 0 amide bonds. The van der Waals surface area contributed by atoms with Crippen LogP contribution >= 0.6 is 0 Å². The molecule has 0 bridgehead atoms. The third-order valence-electron chi connectivity index (χ3n) is 2.29. The molecule has 94 valence electrons. The molecule has 0 aliphatic heterocycles. The first-order valence-corrected chi connectivity index (χ1v) is 4.83. The van der Waals surface area contributed by atoms with Gasteiger partial charge in [0.2, 0.25) is 0 Å². The summed E-state index contributed by atoms with van der Waals surface area (Å²) in [4.78, 5) is 10.6. The van der Waals surface area contributed by atoms with Crippen molar-refractivity contribution in [2.75, 3.05) is 0 Å². The summed E-state index contributed by atoms with van der Waals surface area (Å²) in [6.45, 7) is 0. The molecule has 0 saturated heterocycles. The van der Waals surface area contributed by atoms with E-state index in [1.807, 2.05) is 0 Å². The van der Waals surface area contributed by atoms with Crippen molar-refractivity contribution in [1.82, 2.24) is 9.78 Å². The van der Waals surface area contributed by atoms with E-state index in [1.54, 1.807) is 0 Å². The molecule has 4 nitrogen and oxygen atoms in total. The number of halogens is 3. The molecule has 0 radical (unpaired) electrons. The number of carboxylic acid groups (broad SMARTS) is 1. The molecule has 1 N–H and O–H groups in total. The van der Waals surface area contributed by atoms with Crippen LogP contribution in [0.1, 0.15) is 15.9 Å². The van der Waals surface area contributed by atoms with Crippen LogP contribution in [0.5, 0.6) is 0 Å². The van der Waals surface area contributed by atoms with Crippen LogP contribution in [0.4, 0.5) is 13.2 Å². The molecular formula is C11H7F3N2O2. The van der Waals surface area contributed by atoms with Gasteiger partial charge in [0.15, 0.2) is 0 Å². The number of alkyl halides is 3. The highest BCUT2D eigenvalue weighted by atomic mass is 19.4. The van der Waals surface area contributed by atoms with Crippen molar-refractivity contribution in [1.29, 1.82) is 0 Å². The van der Waals surface area contributed by atoms with E-state index in [9.17, 15) is 18.0 Å². The lowest BCUT2D eigenvalue weighted by Crippen LogP contribution is -2.05. The fraction of sp³-hybridized carbons (Fsp3) is 0.0909. The van der Waals surface area contributed by atoms with E-state index < -0.39 is 17.7 Å². The van der Waals surface area contributed by atoms with Crippen LogP contribution in [0, 0.1) is 0 Å². The number of rotatable bonds is 2. The quantitative estimate of drug-likeness (QED) is 0.898. The van der Waals surface area contributed by atoms with Crippen molar-refractivity contribution in [3.05, 3.63) is 47.8 Å². The van der Waals surface area contributed by atoms with E-state index in [-0.39, 0.29) is 5.56 Å². The summed E-state index contributed by atoms with van der Waals surface area (Å²) < 4.78 is 38.2. The lowest BCUT2D eigenvalue weighted by Gasteiger charge is -2.07. The second-order valence-electron chi connectivity index (χ2n) is 3.52. The Labute approximate surface area is 99.3 Å². The van der Waals surface area contributed by atoms with Crippen LogP contribution in [-0.2, 0) is 6.18 Å². The lowest BCUT2D eigenvalue weighted by atomic mass is 10.2. The van der Waals surface area contributed by atoms with Crippen molar-refractivity contribution in [3.63, 3.8) is 0 Å². The monoisotopic (exact) mass is 256 g/mol. The highest BCUT2D eigenvalue weighted by Gasteiger charge is 2.30. The van der Waals surface area contributed by atoms with Crippen molar-refractivity contribution < 1.29 is 23.1 Å². The zero-order valence-corrected chi connectivity index (χ0v) is 8.85. The Bertz CT molecular complexity index is 573. The maximum Gasteiger partial charge on any atom is 0.416 e. The Morgan fingerprint density at radius 3 is 2.28 bits per heavy atom. The van der Waals surface area contributed by atoms with Gasteiger partial charge in [0.05, 0.1) is 23.0 Å². The van der Waals surface area contributed by atoms with Gasteiger partial charge in [-0.3, -0.25) is 0 Å². The zero-order chi connectivity index (χ0) is 13.3. The van der Waals surface area contributed by atoms with Gasteiger partial charge < -0.3 is 5.11 Å². The molecule has 7 heteroatoms. The highest BCUT2D eigenvalue weighted by Crippen LogP contribution is 2.29. The largest absolute Gasteiger partial charge is 0.478 e. The van der Waals surface area contributed by atoms with Gasteiger partial charge in [-0.25, -0.2) is 9.48 Å². The molecule has 0 fully saturated rings. The standard InChI is InChI=1S/C11H7F3N2O2/c12-11(13,14)8-1-3-9(4-2-8)16-6-7(5-15-16)10(17)18/h1-6H,(H,17,18). The van der Waals surface area contributed by atoms with Crippen LogP contribution in [0.3, 0.4) is 0 Å². The molecule has 2 rings (SSSR count). The molecule has 0 spiro atoms. The SMILES string of the molecule is O=C(O)c1cnn(-c2ccc(C(F)(F)F)cc2)c1. The number of hydrogen-bond donors (Lipinski definition) is 1. The molecule has 0 unspecified atom stereocenters. The topological polar surface area (TPSA) is 55.1 Å². The summed E-state index contributed by atoms with van der Waals surface area (Å²) in [6, 6.07) is 4.28. The van der Waals surface area contributed by atoms with Crippen LogP contribution < -0.4 is 0 Å². The maximum atomic E-state index is 12.3. The molecule has 1 heterocycles. The Balaban J connectivity index is 2.31. The molecule has 0 aliphatic carbocycles. The van der Waals surface area contributed by atoms with E-state index in [4.69, 9.17) is 5.11 Å². The second-order valence-corrected chi connectivity index (χ2v) is 3.52. The molecule has 0 saturated carbocycles.